The standard InChI is InChI=1S/C15H15Cl2NO/c1-9(16)7-8-11-10(2)18-15-12(14(11)17)5-4-6-13(15)19-3/h4-7H,8H2,1-3H3/b9-7+. The van der Waals surface area contributed by atoms with Crippen LogP contribution in [0.2, 0.25) is 5.02 Å². The van der Waals surface area contributed by atoms with Gasteiger partial charge in [-0.2, -0.15) is 0 Å². The largest absolute Gasteiger partial charge is 0.494 e. The molecule has 1 heterocycles. The number of allylic oxidation sites excluding steroid dienone is 2. The molecule has 2 aromatic rings. The van der Waals surface area contributed by atoms with Crippen molar-refractivity contribution in [2.75, 3.05) is 7.11 Å². The molecule has 0 radical (unpaired) electrons. The van der Waals surface area contributed by atoms with Crippen LogP contribution in [-0.4, -0.2) is 12.1 Å². The fourth-order valence-corrected chi connectivity index (χ4v) is 2.46. The van der Waals surface area contributed by atoms with E-state index in [2.05, 4.69) is 4.98 Å². The lowest BCUT2D eigenvalue weighted by molar-refractivity contribution is 0.419. The van der Waals surface area contributed by atoms with Crippen molar-refractivity contribution in [2.24, 2.45) is 0 Å². The maximum absolute atomic E-state index is 6.49. The molecule has 0 N–H and O–H groups in total. The molecular weight excluding hydrogens is 281 g/mol. The van der Waals surface area contributed by atoms with E-state index >= 15 is 0 Å². The zero-order valence-electron chi connectivity index (χ0n) is 11.1. The molecule has 0 unspecified atom stereocenters. The van der Waals surface area contributed by atoms with Gasteiger partial charge in [0.2, 0.25) is 0 Å². The molecule has 0 atom stereocenters. The highest BCUT2D eigenvalue weighted by Gasteiger charge is 2.12. The smallest absolute Gasteiger partial charge is 0.145 e. The first-order chi connectivity index (χ1) is 9.04. The first-order valence-corrected chi connectivity index (χ1v) is 6.74. The number of fused-ring (bicyclic) bond motifs is 1. The van der Waals surface area contributed by atoms with Crippen LogP contribution in [0.3, 0.4) is 0 Å². The number of nitrogens with zero attached hydrogens (tertiary/aromatic N) is 1. The van der Waals surface area contributed by atoms with Gasteiger partial charge in [-0.15, -0.1) is 0 Å². The fraction of sp³-hybridized carbons (Fsp3) is 0.267. The van der Waals surface area contributed by atoms with Crippen molar-refractivity contribution in [3.05, 3.63) is 45.6 Å². The van der Waals surface area contributed by atoms with Gasteiger partial charge in [0.1, 0.15) is 11.3 Å². The predicted octanol–water partition coefficient (Wildman–Crippen LogP) is 4.89. The van der Waals surface area contributed by atoms with E-state index in [-0.39, 0.29) is 0 Å². The van der Waals surface area contributed by atoms with E-state index in [1.165, 1.54) is 0 Å². The van der Waals surface area contributed by atoms with Gasteiger partial charge in [0, 0.05) is 16.1 Å². The minimum absolute atomic E-state index is 0.681. The molecule has 4 heteroatoms. The number of hydrogen-bond acceptors (Lipinski definition) is 2. The van der Waals surface area contributed by atoms with Crippen molar-refractivity contribution in [1.82, 2.24) is 4.98 Å². The number of aryl methyl sites for hydroxylation is 1. The van der Waals surface area contributed by atoms with Gasteiger partial charge in [0.05, 0.1) is 12.1 Å². The Balaban J connectivity index is 2.66. The van der Waals surface area contributed by atoms with E-state index in [0.717, 1.165) is 38.0 Å². The van der Waals surface area contributed by atoms with Gasteiger partial charge in [-0.1, -0.05) is 41.4 Å². The van der Waals surface area contributed by atoms with Gasteiger partial charge in [0.15, 0.2) is 0 Å². The van der Waals surface area contributed by atoms with Crippen LogP contribution in [0.15, 0.2) is 29.3 Å². The second kappa shape index (κ2) is 5.81. The Morgan fingerprint density at radius 2 is 2.16 bits per heavy atom. The molecule has 1 aromatic heterocycles. The summed E-state index contributed by atoms with van der Waals surface area (Å²) in [4.78, 5) is 4.60. The van der Waals surface area contributed by atoms with Crippen LogP contribution in [0.4, 0.5) is 0 Å². The second-order valence-corrected chi connectivity index (χ2v) is 5.32. The first-order valence-electron chi connectivity index (χ1n) is 5.98. The van der Waals surface area contributed by atoms with E-state index in [1.54, 1.807) is 7.11 Å². The van der Waals surface area contributed by atoms with Crippen LogP contribution in [-0.2, 0) is 6.42 Å². The highest BCUT2D eigenvalue weighted by molar-refractivity contribution is 6.36. The molecule has 1 aromatic carbocycles. The minimum Gasteiger partial charge on any atom is -0.494 e. The summed E-state index contributed by atoms with van der Waals surface area (Å²) in [5, 5.41) is 2.37. The number of rotatable bonds is 3. The Hall–Kier alpha value is -1.25. The average Bonchev–Trinajstić information content (AvgIpc) is 2.37. The maximum atomic E-state index is 6.49. The van der Waals surface area contributed by atoms with Gasteiger partial charge in [-0.05, 0) is 31.9 Å². The molecule has 0 bridgehead atoms. The maximum Gasteiger partial charge on any atom is 0.145 e. The summed E-state index contributed by atoms with van der Waals surface area (Å²) >= 11 is 12.4. The van der Waals surface area contributed by atoms with Crippen molar-refractivity contribution in [1.29, 1.82) is 0 Å². The Morgan fingerprint density at radius 3 is 2.79 bits per heavy atom. The third kappa shape index (κ3) is 2.85. The van der Waals surface area contributed by atoms with Crippen LogP contribution < -0.4 is 4.74 Å². The molecule has 0 fully saturated rings. The molecule has 0 saturated heterocycles. The second-order valence-electron chi connectivity index (χ2n) is 4.34. The van der Waals surface area contributed by atoms with Crippen molar-refractivity contribution in [2.45, 2.75) is 20.3 Å². The monoisotopic (exact) mass is 295 g/mol. The van der Waals surface area contributed by atoms with Crippen LogP contribution >= 0.6 is 23.2 Å². The van der Waals surface area contributed by atoms with E-state index in [9.17, 15) is 0 Å². The summed E-state index contributed by atoms with van der Waals surface area (Å²) in [7, 11) is 1.63. The molecule has 19 heavy (non-hydrogen) atoms. The van der Waals surface area contributed by atoms with Gasteiger partial charge in [-0.25, -0.2) is 4.98 Å². The van der Waals surface area contributed by atoms with Gasteiger partial charge >= 0.3 is 0 Å². The Morgan fingerprint density at radius 1 is 1.42 bits per heavy atom. The van der Waals surface area contributed by atoms with Gasteiger partial charge in [0.25, 0.3) is 0 Å². The third-order valence-corrected chi connectivity index (χ3v) is 3.61. The number of ether oxygens (including phenoxy) is 1. The molecule has 2 rings (SSSR count). The molecule has 100 valence electrons. The Kier molecular flexibility index (Phi) is 4.33. The average molecular weight is 296 g/mol. The molecule has 0 saturated carbocycles. The lowest BCUT2D eigenvalue weighted by Crippen LogP contribution is -1.97. The quantitative estimate of drug-likeness (QED) is 0.804. The highest BCUT2D eigenvalue weighted by atomic mass is 35.5. The number of aromatic nitrogens is 1. The van der Waals surface area contributed by atoms with Crippen molar-refractivity contribution >= 4 is 34.1 Å². The zero-order chi connectivity index (χ0) is 14.0. The predicted molar refractivity (Wildman–Crippen MR) is 81.4 cm³/mol. The SMILES string of the molecule is COc1cccc2c(Cl)c(C/C=C(\C)Cl)c(C)nc12. The first kappa shape index (κ1) is 14.2. The van der Waals surface area contributed by atoms with Crippen molar-refractivity contribution in [3.63, 3.8) is 0 Å². The fourth-order valence-electron chi connectivity index (χ4n) is 2.02. The molecule has 2 nitrogen and oxygen atoms in total. The van der Waals surface area contributed by atoms with E-state index < -0.39 is 0 Å². The number of pyridine rings is 1. The number of benzene rings is 1. The van der Waals surface area contributed by atoms with Gasteiger partial charge < -0.3 is 4.74 Å². The van der Waals surface area contributed by atoms with Crippen molar-refractivity contribution in [3.8, 4) is 5.75 Å². The van der Waals surface area contributed by atoms with E-state index in [4.69, 9.17) is 27.9 Å². The summed E-state index contributed by atoms with van der Waals surface area (Å²) in [5.74, 6) is 0.734. The Bertz CT molecular complexity index is 646. The summed E-state index contributed by atoms with van der Waals surface area (Å²) in [5.41, 5.74) is 2.70. The van der Waals surface area contributed by atoms with Crippen LogP contribution in [0.1, 0.15) is 18.2 Å². The van der Waals surface area contributed by atoms with Crippen molar-refractivity contribution < 1.29 is 4.74 Å². The summed E-state index contributed by atoms with van der Waals surface area (Å²) in [6.07, 6.45) is 2.61. The number of hydrogen-bond donors (Lipinski definition) is 0. The molecule has 0 spiro atoms. The number of methoxy groups -OCH3 is 1. The summed E-state index contributed by atoms with van der Waals surface area (Å²) in [6.45, 7) is 3.80. The lowest BCUT2D eigenvalue weighted by Gasteiger charge is -2.11. The summed E-state index contributed by atoms with van der Waals surface area (Å²) < 4.78 is 5.32. The molecule has 0 aliphatic carbocycles. The topological polar surface area (TPSA) is 22.1 Å². The normalized spacial score (nSPS) is 11.9. The molecule has 0 amide bonds. The minimum atomic E-state index is 0.681. The van der Waals surface area contributed by atoms with E-state index in [1.807, 2.05) is 38.1 Å². The third-order valence-electron chi connectivity index (χ3n) is 3.02. The van der Waals surface area contributed by atoms with Gasteiger partial charge in [-0.3, -0.25) is 0 Å². The highest BCUT2D eigenvalue weighted by Crippen LogP contribution is 2.33. The summed E-state index contributed by atoms with van der Waals surface area (Å²) in [6, 6.07) is 5.75. The number of para-hydroxylation sites is 1. The lowest BCUT2D eigenvalue weighted by atomic mass is 10.1. The van der Waals surface area contributed by atoms with Crippen LogP contribution in [0.5, 0.6) is 5.75 Å². The van der Waals surface area contributed by atoms with Crippen LogP contribution in [0, 0.1) is 6.92 Å². The molecule has 0 aliphatic rings. The number of halogens is 2. The van der Waals surface area contributed by atoms with E-state index in [0.29, 0.717) is 6.42 Å². The molecular formula is C15H15Cl2NO. The zero-order valence-corrected chi connectivity index (χ0v) is 12.6. The Labute approximate surface area is 123 Å². The van der Waals surface area contributed by atoms with Crippen LogP contribution in [0.25, 0.3) is 10.9 Å². The molecule has 0 aliphatic heterocycles.